The fourth-order valence-corrected chi connectivity index (χ4v) is 2.58. The molecule has 0 radical (unpaired) electrons. The molecule has 4 nitrogen and oxygen atoms in total. The molecule has 0 fully saturated rings. The Hall–Kier alpha value is -1.10. The average Bonchev–Trinajstić information content (AvgIpc) is 2.80. The number of aromatic hydroxyl groups is 1. The second-order valence-corrected chi connectivity index (χ2v) is 5.87. The van der Waals surface area contributed by atoms with E-state index >= 15 is 0 Å². The number of phenolic OH excluding ortho intramolecular Hbond substituents is 1. The van der Waals surface area contributed by atoms with Gasteiger partial charge < -0.3 is 15.4 Å². The maximum atomic E-state index is 9.52. The minimum absolute atomic E-state index is 0.120. The molecule has 0 bridgehead atoms. The van der Waals surface area contributed by atoms with E-state index in [2.05, 4.69) is 22.2 Å². The Morgan fingerprint density at radius 2 is 1.90 bits per heavy atom. The Bertz CT molecular complexity index is 605. The molecular weight excluding hydrogens is 333 g/mol. The third kappa shape index (κ3) is 4.19. The first kappa shape index (κ1) is 16.3. The summed E-state index contributed by atoms with van der Waals surface area (Å²) in [6, 6.07) is 3.20. The van der Waals surface area contributed by atoms with Crippen LogP contribution in [-0.2, 0) is 13.0 Å². The van der Waals surface area contributed by atoms with Crippen molar-refractivity contribution in [2.75, 3.05) is 5.32 Å². The van der Waals surface area contributed by atoms with E-state index in [9.17, 15) is 5.11 Å². The monoisotopic (exact) mass is 347 g/mol. The quantitative estimate of drug-likeness (QED) is 0.642. The van der Waals surface area contributed by atoms with E-state index in [0.29, 0.717) is 17.4 Å². The molecule has 0 aliphatic carbocycles. The Labute approximate surface area is 138 Å². The van der Waals surface area contributed by atoms with Gasteiger partial charge in [-0.15, -0.1) is 0 Å². The van der Waals surface area contributed by atoms with Gasteiger partial charge in [-0.2, -0.15) is 0 Å². The molecule has 0 saturated carbocycles. The highest BCUT2D eigenvalue weighted by molar-refractivity contribution is 6.37. The molecule has 3 N–H and O–H groups in total. The maximum absolute atomic E-state index is 9.52. The van der Waals surface area contributed by atoms with Crippen LogP contribution in [-0.4, -0.2) is 15.1 Å². The van der Waals surface area contributed by atoms with Gasteiger partial charge in [0.15, 0.2) is 10.9 Å². The number of unbranched alkanes of at least 4 members (excludes halogenated alkanes) is 1. The first-order valence-electron chi connectivity index (χ1n) is 6.66. The van der Waals surface area contributed by atoms with Crippen LogP contribution in [0.15, 0.2) is 12.1 Å². The highest BCUT2D eigenvalue weighted by Crippen LogP contribution is 2.34. The Kier molecular flexibility index (Phi) is 5.62. The third-order valence-corrected chi connectivity index (χ3v) is 3.92. The lowest BCUT2D eigenvalue weighted by Gasteiger charge is -2.08. The normalized spacial score (nSPS) is 10.9. The van der Waals surface area contributed by atoms with E-state index in [1.807, 2.05) is 0 Å². The molecule has 1 heterocycles. The molecule has 0 unspecified atom stereocenters. The van der Waals surface area contributed by atoms with Gasteiger partial charge in [-0.25, -0.2) is 4.98 Å². The number of nitrogens with one attached hydrogen (secondary N) is 2. The molecule has 114 valence electrons. The minimum Gasteiger partial charge on any atom is -0.505 e. The number of hydrogen-bond donors (Lipinski definition) is 3. The second-order valence-electron chi connectivity index (χ2n) is 4.70. The van der Waals surface area contributed by atoms with Gasteiger partial charge in [-0.3, -0.25) is 0 Å². The topological polar surface area (TPSA) is 60.9 Å². The molecule has 0 amide bonds. The van der Waals surface area contributed by atoms with Crippen LogP contribution < -0.4 is 5.32 Å². The number of aromatic nitrogens is 2. The van der Waals surface area contributed by atoms with Gasteiger partial charge in [0.25, 0.3) is 0 Å². The molecular formula is C14H16Cl3N3O. The number of aromatic amines is 1. The SMILES string of the molecule is CCCCc1nc(Cl)c(CNc2cc(Cl)c(O)c(Cl)c2)[nH]1. The third-order valence-electron chi connectivity index (χ3n) is 3.03. The van der Waals surface area contributed by atoms with E-state index in [1.165, 1.54) is 0 Å². The molecule has 0 saturated heterocycles. The number of benzene rings is 1. The van der Waals surface area contributed by atoms with E-state index in [0.717, 1.165) is 30.8 Å². The summed E-state index contributed by atoms with van der Waals surface area (Å²) in [6.45, 7) is 2.60. The number of imidazole rings is 1. The molecule has 2 aromatic rings. The smallest absolute Gasteiger partial charge is 0.152 e. The van der Waals surface area contributed by atoms with E-state index in [-0.39, 0.29) is 15.8 Å². The van der Waals surface area contributed by atoms with Crippen LogP contribution in [0.25, 0.3) is 0 Å². The van der Waals surface area contributed by atoms with Crippen LogP contribution in [0.3, 0.4) is 0 Å². The molecule has 0 aliphatic rings. The van der Waals surface area contributed by atoms with Crippen molar-refractivity contribution in [2.45, 2.75) is 32.7 Å². The number of hydrogen-bond acceptors (Lipinski definition) is 3. The Balaban J connectivity index is 2.04. The van der Waals surface area contributed by atoms with Crippen molar-refractivity contribution >= 4 is 40.5 Å². The molecule has 0 aliphatic heterocycles. The van der Waals surface area contributed by atoms with Gasteiger partial charge in [-0.1, -0.05) is 48.1 Å². The highest BCUT2D eigenvalue weighted by atomic mass is 35.5. The van der Waals surface area contributed by atoms with Crippen molar-refractivity contribution in [3.63, 3.8) is 0 Å². The van der Waals surface area contributed by atoms with Gasteiger partial charge in [-0.05, 0) is 18.6 Å². The van der Waals surface area contributed by atoms with Crippen LogP contribution in [0.5, 0.6) is 5.75 Å². The molecule has 1 aromatic heterocycles. The summed E-state index contributed by atoms with van der Waals surface area (Å²) < 4.78 is 0. The number of nitrogens with zero attached hydrogens (tertiary/aromatic N) is 1. The first-order valence-corrected chi connectivity index (χ1v) is 7.79. The largest absolute Gasteiger partial charge is 0.505 e. The summed E-state index contributed by atoms with van der Waals surface area (Å²) in [7, 11) is 0. The van der Waals surface area contributed by atoms with Crippen molar-refractivity contribution in [2.24, 2.45) is 0 Å². The van der Waals surface area contributed by atoms with E-state index in [1.54, 1.807) is 12.1 Å². The number of H-pyrrole nitrogens is 1. The van der Waals surface area contributed by atoms with Crippen molar-refractivity contribution in [1.82, 2.24) is 9.97 Å². The molecule has 2 rings (SSSR count). The van der Waals surface area contributed by atoms with Gasteiger partial charge in [0.1, 0.15) is 5.82 Å². The molecule has 0 spiro atoms. The number of halogens is 3. The van der Waals surface area contributed by atoms with E-state index in [4.69, 9.17) is 34.8 Å². The van der Waals surface area contributed by atoms with Crippen LogP contribution in [0.1, 0.15) is 31.3 Å². The molecule has 1 aromatic carbocycles. The summed E-state index contributed by atoms with van der Waals surface area (Å²) in [5.41, 5.74) is 1.51. The van der Waals surface area contributed by atoms with Gasteiger partial charge in [0.2, 0.25) is 0 Å². The molecule has 0 atom stereocenters. The van der Waals surface area contributed by atoms with Gasteiger partial charge in [0.05, 0.1) is 22.3 Å². The zero-order valence-corrected chi connectivity index (χ0v) is 13.8. The average molecular weight is 349 g/mol. The number of phenols is 1. The lowest BCUT2D eigenvalue weighted by molar-refractivity contribution is 0.476. The standard InChI is InChI=1S/C14H16Cl3N3O/c1-2-3-4-12-19-11(14(17)20-12)7-18-8-5-9(15)13(21)10(16)6-8/h5-6,18,21H,2-4,7H2,1H3,(H,19,20). The number of aryl methyl sites for hydroxylation is 1. The van der Waals surface area contributed by atoms with Crippen LogP contribution in [0, 0.1) is 0 Å². The Morgan fingerprint density at radius 3 is 2.52 bits per heavy atom. The predicted molar refractivity (Wildman–Crippen MR) is 87.7 cm³/mol. The second kappa shape index (κ2) is 7.25. The predicted octanol–water partition coefficient (Wildman–Crippen LogP) is 5.03. The number of anilines is 1. The van der Waals surface area contributed by atoms with Crippen LogP contribution in [0.4, 0.5) is 5.69 Å². The van der Waals surface area contributed by atoms with Gasteiger partial charge in [0, 0.05) is 12.1 Å². The lowest BCUT2D eigenvalue weighted by Crippen LogP contribution is -2.00. The van der Waals surface area contributed by atoms with Crippen LogP contribution >= 0.6 is 34.8 Å². The summed E-state index contributed by atoms with van der Waals surface area (Å²) >= 11 is 17.8. The summed E-state index contributed by atoms with van der Waals surface area (Å²) in [6.07, 6.45) is 3.06. The molecule has 7 heteroatoms. The zero-order valence-electron chi connectivity index (χ0n) is 11.5. The van der Waals surface area contributed by atoms with Gasteiger partial charge >= 0.3 is 0 Å². The van der Waals surface area contributed by atoms with Crippen molar-refractivity contribution in [3.8, 4) is 5.75 Å². The van der Waals surface area contributed by atoms with Crippen LogP contribution in [0.2, 0.25) is 15.2 Å². The summed E-state index contributed by atoms with van der Waals surface area (Å²) in [4.78, 5) is 7.49. The van der Waals surface area contributed by atoms with Crippen molar-refractivity contribution in [1.29, 1.82) is 0 Å². The fraction of sp³-hybridized carbons (Fsp3) is 0.357. The minimum atomic E-state index is -0.120. The lowest BCUT2D eigenvalue weighted by atomic mass is 10.2. The van der Waals surface area contributed by atoms with Crippen molar-refractivity contribution in [3.05, 3.63) is 38.8 Å². The van der Waals surface area contributed by atoms with E-state index < -0.39 is 0 Å². The van der Waals surface area contributed by atoms with Crippen molar-refractivity contribution < 1.29 is 5.11 Å². The summed E-state index contributed by atoms with van der Waals surface area (Å²) in [5, 5.41) is 13.5. The summed E-state index contributed by atoms with van der Waals surface area (Å²) in [5.74, 6) is 0.769. The highest BCUT2D eigenvalue weighted by Gasteiger charge is 2.10. The number of rotatable bonds is 6. The zero-order chi connectivity index (χ0) is 15.4. The maximum Gasteiger partial charge on any atom is 0.152 e. The first-order chi connectivity index (χ1) is 10.0. The molecule has 21 heavy (non-hydrogen) atoms. The fourth-order valence-electron chi connectivity index (χ4n) is 1.88. The Morgan fingerprint density at radius 1 is 1.24 bits per heavy atom.